The van der Waals surface area contributed by atoms with Gasteiger partial charge in [0.25, 0.3) is 5.88 Å². The Balaban J connectivity index is 2.58. The van der Waals surface area contributed by atoms with Gasteiger partial charge in [-0.1, -0.05) is 0 Å². The van der Waals surface area contributed by atoms with Crippen LogP contribution in [0.25, 0.3) is 16.7 Å². The molecule has 0 saturated heterocycles. The molecule has 3 heterocycles. The van der Waals surface area contributed by atoms with Gasteiger partial charge >= 0.3 is 0 Å². The average Bonchev–Trinajstić information content (AvgIpc) is 2.76. The first-order valence-electron chi connectivity index (χ1n) is 4.25. The van der Waals surface area contributed by atoms with Crippen molar-refractivity contribution in [2.24, 2.45) is 0 Å². The highest BCUT2D eigenvalue weighted by Crippen LogP contribution is 2.20. The van der Waals surface area contributed by atoms with Crippen LogP contribution in [0.15, 0.2) is 18.7 Å². The molecule has 7 nitrogen and oxygen atoms in total. The van der Waals surface area contributed by atoms with Gasteiger partial charge in [0.1, 0.15) is 11.8 Å². The average molecular weight is 202 g/mol. The third kappa shape index (κ3) is 1.03. The molecule has 74 valence electrons. The van der Waals surface area contributed by atoms with Crippen molar-refractivity contribution in [2.75, 3.05) is 7.11 Å². The Morgan fingerprint density at radius 1 is 1.20 bits per heavy atom. The van der Waals surface area contributed by atoms with Crippen LogP contribution in [0.5, 0.6) is 5.88 Å². The summed E-state index contributed by atoms with van der Waals surface area (Å²) < 4.78 is 6.62. The van der Waals surface area contributed by atoms with Crippen molar-refractivity contribution < 1.29 is 4.74 Å². The molecule has 0 aliphatic carbocycles. The van der Waals surface area contributed by atoms with Crippen molar-refractivity contribution in [3.8, 4) is 5.88 Å². The van der Waals surface area contributed by atoms with E-state index in [1.807, 2.05) is 0 Å². The quantitative estimate of drug-likeness (QED) is 0.556. The van der Waals surface area contributed by atoms with E-state index in [1.165, 1.54) is 18.0 Å². The lowest BCUT2D eigenvalue weighted by Gasteiger charge is -2.02. The van der Waals surface area contributed by atoms with Gasteiger partial charge in [-0.15, -0.1) is 15.3 Å². The van der Waals surface area contributed by atoms with E-state index in [2.05, 4.69) is 25.3 Å². The van der Waals surface area contributed by atoms with Gasteiger partial charge in [-0.2, -0.15) is 4.52 Å². The summed E-state index contributed by atoms with van der Waals surface area (Å²) in [5.74, 6) is 0.408. The number of methoxy groups -OCH3 is 1. The summed E-state index contributed by atoms with van der Waals surface area (Å²) in [4.78, 5) is 8.33. The van der Waals surface area contributed by atoms with Crippen LogP contribution >= 0.6 is 0 Å². The van der Waals surface area contributed by atoms with Crippen molar-refractivity contribution in [2.45, 2.75) is 0 Å². The maximum absolute atomic E-state index is 5.11. The van der Waals surface area contributed by atoms with Crippen LogP contribution in [0.4, 0.5) is 0 Å². The number of aromatic nitrogens is 6. The molecule has 0 bridgehead atoms. The molecule has 3 aromatic heterocycles. The normalized spacial score (nSPS) is 11.0. The fourth-order valence-corrected chi connectivity index (χ4v) is 1.40. The molecule has 0 atom stereocenters. The van der Waals surface area contributed by atoms with Gasteiger partial charge in [0.2, 0.25) is 5.65 Å². The van der Waals surface area contributed by atoms with Crippen molar-refractivity contribution >= 4 is 16.7 Å². The minimum Gasteiger partial charge on any atom is -0.478 e. The summed E-state index contributed by atoms with van der Waals surface area (Å²) in [5.41, 5.74) is 1.78. The SMILES string of the molecule is COc1nn2cnnc2c2nccnc12. The Kier molecular flexibility index (Phi) is 1.52. The zero-order valence-corrected chi connectivity index (χ0v) is 7.82. The van der Waals surface area contributed by atoms with E-state index in [9.17, 15) is 0 Å². The predicted molar refractivity (Wildman–Crippen MR) is 50.4 cm³/mol. The standard InChI is InChI=1S/C8H6N6O/c1-15-8-6-5(9-2-3-10-6)7-12-11-4-14(7)13-8/h2-4H,1H3. The Morgan fingerprint density at radius 3 is 2.80 bits per heavy atom. The van der Waals surface area contributed by atoms with E-state index >= 15 is 0 Å². The predicted octanol–water partition coefficient (Wildman–Crippen LogP) is 0.0761. The highest BCUT2D eigenvalue weighted by atomic mass is 16.5. The molecule has 0 amide bonds. The Bertz CT molecular complexity index is 633. The summed E-state index contributed by atoms with van der Waals surface area (Å²) in [6.07, 6.45) is 4.67. The largest absolute Gasteiger partial charge is 0.478 e. The molecule has 3 rings (SSSR count). The van der Waals surface area contributed by atoms with Crippen molar-refractivity contribution in [3.63, 3.8) is 0 Å². The van der Waals surface area contributed by atoms with Crippen LogP contribution in [-0.4, -0.2) is 36.9 Å². The maximum Gasteiger partial charge on any atom is 0.260 e. The van der Waals surface area contributed by atoms with E-state index in [4.69, 9.17) is 4.74 Å². The summed E-state index contributed by atoms with van der Waals surface area (Å²) in [5, 5.41) is 11.8. The van der Waals surface area contributed by atoms with Crippen molar-refractivity contribution in [1.29, 1.82) is 0 Å². The van der Waals surface area contributed by atoms with E-state index < -0.39 is 0 Å². The molecule has 0 radical (unpaired) electrons. The minimum atomic E-state index is 0.408. The zero-order chi connectivity index (χ0) is 10.3. The highest BCUT2D eigenvalue weighted by Gasteiger charge is 2.11. The van der Waals surface area contributed by atoms with E-state index in [-0.39, 0.29) is 0 Å². The molecule has 0 fully saturated rings. The summed E-state index contributed by atoms with van der Waals surface area (Å²) >= 11 is 0. The van der Waals surface area contributed by atoms with Crippen LogP contribution in [-0.2, 0) is 0 Å². The van der Waals surface area contributed by atoms with Crippen LogP contribution in [0, 0.1) is 0 Å². The molecule has 0 aliphatic heterocycles. The number of nitrogens with zero attached hydrogens (tertiary/aromatic N) is 6. The van der Waals surface area contributed by atoms with E-state index in [0.717, 1.165) is 0 Å². The molecule has 0 aromatic carbocycles. The lowest BCUT2D eigenvalue weighted by Crippen LogP contribution is -1.99. The molecule has 0 spiro atoms. The van der Waals surface area contributed by atoms with Crippen molar-refractivity contribution in [1.82, 2.24) is 29.8 Å². The van der Waals surface area contributed by atoms with Gasteiger partial charge in [0.15, 0.2) is 5.52 Å². The van der Waals surface area contributed by atoms with Gasteiger partial charge in [-0.05, 0) is 0 Å². The van der Waals surface area contributed by atoms with Crippen LogP contribution in [0.3, 0.4) is 0 Å². The van der Waals surface area contributed by atoms with Gasteiger partial charge < -0.3 is 4.74 Å². The molecule has 0 N–H and O–H groups in total. The number of hydrogen-bond acceptors (Lipinski definition) is 6. The van der Waals surface area contributed by atoms with Gasteiger partial charge in [-0.25, -0.2) is 9.97 Å². The van der Waals surface area contributed by atoms with Crippen molar-refractivity contribution in [3.05, 3.63) is 18.7 Å². The molecule has 7 heteroatoms. The van der Waals surface area contributed by atoms with Gasteiger partial charge in [0, 0.05) is 12.4 Å². The number of fused-ring (bicyclic) bond motifs is 3. The maximum atomic E-state index is 5.11. The molecular formula is C8H6N6O. The number of ether oxygens (including phenoxy) is 1. The molecule has 0 aliphatic rings. The lowest BCUT2D eigenvalue weighted by atomic mass is 10.4. The zero-order valence-electron chi connectivity index (χ0n) is 7.82. The monoisotopic (exact) mass is 202 g/mol. The Hall–Kier alpha value is -2.31. The molecule has 15 heavy (non-hydrogen) atoms. The molecule has 0 saturated carbocycles. The summed E-state index contributed by atoms with van der Waals surface area (Å²) in [6.45, 7) is 0. The molecule has 3 aromatic rings. The third-order valence-electron chi connectivity index (χ3n) is 2.04. The fourth-order valence-electron chi connectivity index (χ4n) is 1.40. The Morgan fingerprint density at radius 2 is 2.00 bits per heavy atom. The van der Waals surface area contributed by atoms with E-state index in [0.29, 0.717) is 22.6 Å². The van der Waals surface area contributed by atoms with Crippen LogP contribution in [0.1, 0.15) is 0 Å². The first-order valence-corrected chi connectivity index (χ1v) is 4.25. The fraction of sp³-hybridized carbons (Fsp3) is 0.125. The number of hydrogen-bond donors (Lipinski definition) is 0. The first kappa shape index (κ1) is 8.04. The topological polar surface area (TPSA) is 78.1 Å². The second-order valence-electron chi connectivity index (χ2n) is 2.86. The minimum absolute atomic E-state index is 0.408. The number of rotatable bonds is 1. The Labute approximate surface area is 83.7 Å². The van der Waals surface area contributed by atoms with Crippen LogP contribution in [0.2, 0.25) is 0 Å². The van der Waals surface area contributed by atoms with Gasteiger partial charge in [-0.3, -0.25) is 0 Å². The summed E-state index contributed by atoms with van der Waals surface area (Å²) in [7, 11) is 1.53. The first-order chi connectivity index (χ1) is 7.40. The summed E-state index contributed by atoms with van der Waals surface area (Å²) in [6, 6.07) is 0. The smallest absolute Gasteiger partial charge is 0.260 e. The second-order valence-corrected chi connectivity index (χ2v) is 2.86. The van der Waals surface area contributed by atoms with Gasteiger partial charge in [0.05, 0.1) is 7.11 Å². The molecular weight excluding hydrogens is 196 g/mol. The lowest BCUT2D eigenvalue weighted by molar-refractivity contribution is 0.394. The van der Waals surface area contributed by atoms with Crippen LogP contribution < -0.4 is 4.74 Å². The van der Waals surface area contributed by atoms with E-state index in [1.54, 1.807) is 12.4 Å². The highest BCUT2D eigenvalue weighted by molar-refractivity contribution is 5.89. The molecule has 0 unspecified atom stereocenters. The third-order valence-corrected chi connectivity index (χ3v) is 2.04. The second kappa shape index (κ2) is 2.84.